The van der Waals surface area contributed by atoms with Crippen molar-refractivity contribution in [3.8, 4) is 0 Å². The summed E-state index contributed by atoms with van der Waals surface area (Å²) in [4.78, 5) is 12.1. The molecule has 2 unspecified atom stereocenters. The molecule has 0 saturated carbocycles. The van der Waals surface area contributed by atoms with E-state index in [1.54, 1.807) is 31.0 Å². The molecule has 136 valence electrons. The summed E-state index contributed by atoms with van der Waals surface area (Å²) >= 11 is 0. The molecule has 0 aliphatic carbocycles. The zero-order valence-electron chi connectivity index (χ0n) is 15.6. The van der Waals surface area contributed by atoms with Gasteiger partial charge in [-0.1, -0.05) is 23.8 Å². The van der Waals surface area contributed by atoms with Gasteiger partial charge in [0.05, 0.1) is 12.7 Å². The van der Waals surface area contributed by atoms with Crippen molar-refractivity contribution >= 4 is 6.03 Å². The molecule has 2 atom stereocenters. The van der Waals surface area contributed by atoms with Gasteiger partial charge >= 0.3 is 6.03 Å². The number of amides is 2. The third kappa shape index (κ3) is 5.32. The van der Waals surface area contributed by atoms with E-state index in [1.807, 2.05) is 6.92 Å². The number of hydrogen-bond donors (Lipinski definition) is 3. The first kappa shape index (κ1) is 19.0. The number of nitrogens with one attached hydrogen (secondary N) is 2. The molecule has 1 aromatic heterocycles. The Bertz CT molecular complexity index is 737. The van der Waals surface area contributed by atoms with Gasteiger partial charge in [-0.15, -0.1) is 0 Å². The molecule has 0 radical (unpaired) electrons. The number of nitrogens with zero attached hydrogens (tertiary/aromatic N) is 2. The molecule has 0 bridgehead atoms. The summed E-state index contributed by atoms with van der Waals surface area (Å²) in [6.07, 6.45) is 4.10. The Morgan fingerprint density at radius 3 is 2.72 bits per heavy atom. The summed E-state index contributed by atoms with van der Waals surface area (Å²) in [5, 5.41) is 20.2. The molecular weight excluding hydrogens is 316 g/mol. The van der Waals surface area contributed by atoms with Crippen molar-refractivity contribution < 1.29 is 9.90 Å². The summed E-state index contributed by atoms with van der Waals surface area (Å²) < 4.78 is 1.62. The standard InChI is InChI=1S/C19H28N4O2/c1-13-6-7-16(14(2)8-13)9-15(3)22-18(24)20-12-19(4,25)17-10-21-23(5)11-17/h6-8,10-11,15,25H,9,12H2,1-5H3,(H2,20,22,24). The number of aryl methyl sites for hydroxylation is 3. The van der Waals surface area contributed by atoms with E-state index in [1.165, 1.54) is 16.7 Å². The lowest BCUT2D eigenvalue weighted by atomic mass is 9.99. The Morgan fingerprint density at radius 2 is 2.12 bits per heavy atom. The highest BCUT2D eigenvalue weighted by Crippen LogP contribution is 2.18. The van der Waals surface area contributed by atoms with Crippen LogP contribution >= 0.6 is 0 Å². The molecular formula is C19H28N4O2. The van der Waals surface area contributed by atoms with Crippen LogP contribution < -0.4 is 10.6 Å². The van der Waals surface area contributed by atoms with Gasteiger partial charge in [-0.05, 0) is 45.2 Å². The number of aliphatic hydroxyl groups is 1. The van der Waals surface area contributed by atoms with Gasteiger partial charge < -0.3 is 15.7 Å². The maximum atomic E-state index is 12.1. The Kier molecular flexibility index (Phi) is 5.85. The fraction of sp³-hybridized carbons (Fsp3) is 0.474. The average Bonchev–Trinajstić information content (AvgIpc) is 2.96. The predicted molar refractivity (Wildman–Crippen MR) is 98.4 cm³/mol. The molecule has 0 saturated heterocycles. The lowest BCUT2D eigenvalue weighted by Crippen LogP contribution is -2.46. The molecule has 3 N–H and O–H groups in total. The van der Waals surface area contributed by atoms with Crippen LogP contribution in [0.2, 0.25) is 0 Å². The third-order valence-electron chi connectivity index (χ3n) is 4.32. The normalized spacial score (nSPS) is 14.6. The van der Waals surface area contributed by atoms with E-state index in [2.05, 4.69) is 47.8 Å². The second kappa shape index (κ2) is 7.70. The summed E-state index contributed by atoms with van der Waals surface area (Å²) in [6.45, 7) is 7.89. The fourth-order valence-corrected chi connectivity index (χ4v) is 2.78. The average molecular weight is 344 g/mol. The number of aromatic nitrogens is 2. The molecule has 2 rings (SSSR count). The minimum atomic E-state index is -1.16. The van der Waals surface area contributed by atoms with Crippen LogP contribution in [-0.4, -0.2) is 33.5 Å². The van der Waals surface area contributed by atoms with Crippen molar-refractivity contribution in [3.63, 3.8) is 0 Å². The highest BCUT2D eigenvalue weighted by molar-refractivity contribution is 5.74. The van der Waals surface area contributed by atoms with Crippen molar-refractivity contribution in [1.29, 1.82) is 0 Å². The number of hydrogen-bond acceptors (Lipinski definition) is 3. The van der Waals surface area contributed by atoms with Gasteiger partial charge in [0.25, 0.3) is 0 Å². The lowest BCUT2D eigenvalue weighted by molar-refractivity contribution is 0.0592. The van der Waals surface area contributed by atoms with Crippen LogP contribution in [0.5, 0.6) is 0 Å². The summed E-state index contributed by atoms with van der Waals surface area (Å²) in [7, 11) is 1.79. The van der Waals surface area contributed by atoms with E-state index in [4.69, 9.17) is 0 Å². The van der Waals surface area contributed by atoms with Gasteiger partial charge in [0.1, 0.15) is 5.60 Å². The maximum Gasteiger partial charge on any atom is 0.315 e. The van der Waals surface area contributed by atoms with Crippen LogP contribution in [0.15, 0.2) is 30.6 Å². The van der Waals surface area contributed by atoms with E-state index in [0.717, 1.165) is 6.42 Å². The molecule has 2 amide bonds. The minimum absolute atomic E-state index is 0.00949. The molecule has 1 heterocycles. The van der Waals surface area contributed by atoms with Crippen molar-refractivity contribution in [2.75, 3.05) is 6.54 Å². The minimum Gasteiger partial charge on any atom is -0.383 e. The summed E-state index contributed by atoms with van der Waals surface area (Å²) in [5.74, 6) is 0. The van der Waals surface area contributed by atoms with Crippen LogP contribution in [0, 0.1) is 13.8 Å². The van der Waals surface area contributed by atoms with Crippen LogP contribution in [0.1, 0.15) is 36.1 Å². The van der Waals surface area contributed by atoms with E-state index < -0.39 is 5.60 Å². The monoisotopic (exact) mass is 344 g/mol. The first-order valence-corrected chi connectivity index (χ1v) is 8.49. The summed E-state index contributed by atoms with van der Waals surface area (Å²) in [6, 6.07) is 6.03. The molecule has 25 heavy (non-hydrogen) atoms. The molecule has 1 aromatic carbocycles. The fourth-order valence-electron chi connectivity index (χ4n) is 2.78. The van der Waals surface area contributed by atoms with E-state index in [9.17, 15) is 9.90 Å². The third-order valence-corrected chi connectivity index (χ3v) is 4.32. The maximum absolute atomic E-state index is 12.1. The Morgan fingerprint density at radius 1 is 1.40 bits per heavy atom. The molecule has 6 nitrogen and oxygen atoms in total. The zero-order valence-corrected chi connectivity index (χ0v) is 15.6. The number of benzene rings is 1. The van der Waals surface area contributed by atoms with E-state index in [0.29, 0.717) is 5.56 Å². The van der Waals surface area contributed by atoms with Crippen molar-refractivity contribution in [3.05, 3.63) is 52.8 Å². The van der Waals surface area contributed by atoms with Crippen molar-refractivity contribution in [2.24, 2.45) is 7.05 Å². The van der Waals surface area contributed by atoms with Crippen molar-refractivity contribution in [2.45, 2.75) is 45.8 Å². The van der Waals surface area contributed by atoms with E-state index >= 15 is 0 Å². The topological polar surface area (TPSA) is 79.2 Å². The lowest BCUT2D eigenvalue weighted by Gasteiger charge is -2.23. The van der Waals surface area contributed by atoms with Gasteiger partial charge in [0, 0.05) is 24.8 Å². The molecule has 0 fully saturated rings. The number of carbonyl (C=O) groups is 1. The predicted octanol–water partition coefficient (Wildman–Crippen LogP) is 2.17. The molecule has 0 aliphatic heterocycles. The highest BCUT2D eigenvalue weighted by atomic mass is 16.3. The van der Waals surface area contributed by atoms with Crippen LogP contribution in [-0.2, 0) is 19.1 Å². The second-order valence-corrected chi connectivity index (χ2v) is 7.04. The van der Waals surface area contributed by atoms with E-state index in [-0.39, 0.29) is 18.6 Å². The Balaban J connectivity index is 1.85. The van der Waals surface area contributed by atoms with Gasteiger partial charge in [-0.3, -0.25) is 4.68 Å². The van der Waals surface area contributed by atoms with Gasteiger partial charge in [0.15, 0.2) is 0 Å². The SMILES string of the molecule is Cc1ccc(CC(C)NC(=O)NCC(C)(O)c2cnn(C)c2)c(C)c1. The Hall–Kier alpha value is -2.34. The van der Waals surface area contributed by atoms with Crippen LogP contribution in [0.4, 0.5) is 4.79 Å². The number of carbonyl (C=O) groups excluding carboxylic acids is 1. The molecule has 2 aromatic rings. The molecule has 0 spiro atoms. The van der Waals surface area contributed by atoms with Crippen LogP contribution in [0.3, 0.4) is 0 Å². The van der Waals surface area contributed by atoms with Gasteiger partial charge in [-0.2, -0.15) is 5.10 Å². The number of rotatable bonds is 6. The van der Waals surface area contributed by atoms with Crippen molar-refractivity contribution in [1.82, 2.24) is 20.4 Å². The quantitative estimate of drug-likeness (QED) is 0.751. The van der Waals surface area contributed by atoms with Gasteiger partial charge in [-0.25, -0.2) is 4.79 Å². The number of urea groups is 1. The Labute approximate surface area is 149 Å². The highest BCUT2D eigenvalue weighted by Gasteiger charge is 2.25. The first-order chi connectivity index (χ1) is 11.7. The second-order valence-electron chi connectivity index (χ2n) is 7.04. The molecule has 0 aliphatic rings. The summed E-state index contributed by atoms with van der Waals surface area (Å²) in [5.41, 5.74) is 3.19. The first-order valence-electron chi connectivity index (χ1n) is 8.49. The smallest absolute Gasteiger partial charge is 0.315 e. The van der Waals surface area contributed by atoms with Gasteiger partial charge in [0.2, 0.25) is 0 Å². The van der Waals surface area contributed by atoms with Crippen LogP contribution in [0.25, 0.3) is 0 Å². The largest absolute Gasteiger partial charge is 0.383 e. The zero-order chi connectivity index (χ0) is 18.6. The molecule has 6 heteroatoms.